The zero-order valence-electron chi connectivity index (χ0n) is 10.1. The van der Waals surface area contributed by atoms with Crippen LogP contribution in [0, 0.1) is 12.8 Å². The average Bonchev–Trinajstić information content (AvgIpc) is 2.22. The third-order valence-electron chi connectivity index (χ3n) is 3.07. The zero-order valence-corrected chi connectivity index (χ0v) is 10.1. The van der Waals surface area contributed by atoms with E-state index in [4.69, 9.17) is 9.47 Å². The SMILES string of the molecule is Cc1c(COCC2COC2)cccc1C(F)(F)F. The minimum atomic E-state index is -4.30. The van der Waals surface area contributed by atoms with Crippen molar-refractivity contribution in [2.75, 3.05) is 19.8 Å². The van der Waals surface area contributed by atoms with E-state index in [0.29, 0.717) is 31.3 Å². The summed E-state index contributed by atoms with van der Waals surface area (Å²) in [5, 5.41) is 0. The van der Waals surface area contributed by atoms with Gasteiger partial charge in [-0.3, -0.25) is 0 Å². The van der Waals surface area contributed by atoms with Gasteiger partial charge in [0.2, 0.25) is 0 Å². The van der Waals surface area contributed by atoms with Gasteiger partial charge in [-0.1, -0.05) is 12.1 Å². The molecule has 0 saturated carbocycles. The third kappa shape index (κ3) is 3.03. The Balaban J connectivity index is 1.99. The Hall–Kier alpha value is -1.07. The molecule has 0 radical (unpaired) electrons. The number of ether oxygens (including phenoxy) is 2. The summed E-state index contributed by atoms with van der Waals surface area (Å²) < 4.78 is 48.5. The van der Waals surface area contributed by atoms with Crippen LogP contribution in [0.1, 0.15) is 16.7 Å². The van der Waals surface area contributed by atoms with Gasteiger partial charge in [-0.05, 0) is 24.1 Å². The van der Waals surface area contributed by atoms with Gasteiger partial charge < -0.3 is 9.47 Å². The average molecular weight is 260 g/mol. The molecule has 1 aliphatic heterocycles. The lowest BCUT2D eigenvalue weighted by atomic mass is 10.0. The molecule has 2 rings (SSSR count). The lowest BCUT2D eigenvalue weighted by molar-refractivity contribution is -0.138. The number of rotatable bonds is 4. The highest BCUT2D eigenvalue weighted by molar-refractivity contribution is 5.35. The molecule has 0 atom stereocenters. The number of hydrogen-bond donors (Lipinski definition) is 0. The molecule has 1 aliphatic rings. The number of hydrogen-bond acceptors (Lipinski definition) is 2. The molecule has 1 fully saturated rings. The maximum Gasteiger partial charge on any atom is 0.416 e. The minimum Gasteiger partial charge on any atom is -0.381 e. The first kappa shape index (κ1) is 13.4. The molecule has 1 aromatic carbocycles. The molecule has 1 aromatic rings. The Bertz CT molecular complexity index is 411. The van der Waals surface area contributed by atoms with E-state index >= 15 is 0 Å². The molecule has 0 N–H and O–H groups in total. The number of halogens is 3. The maximum absolute atomic E-state index is 12.7. The first-order valence-electron chi connectivity index (χ1n) is 5.79. The van der Waals surface area contributed by atoms with Gasteiger partial charge in [0.1, 0.15) is 0 Å². The summed E-state index contributed by atoms with van der Waals surface area (Å²) in [6.07, 6.45) is -4.30. The molecule has 1 saturated heterocycles. The summed E-state index contributed by atoms with van der Waals surface area (Å²) in [5.74, 6) is 0.385. The quantitative estimate of drug-likeness (QED) is 0.827. The van der Waals surface area contributed by atoms with Crippen LogP contribution in [0.25, 0.3) is 0 Å². The normalized spacial score (nSPS) is 16.7. The molecule has 0 spiro atoms. The molecule has 0 aromatic heterocycles. The van der Waals surface area contributed by atoms with Gasteiger partial charge in [-0.25, -0.2) is 0 Å². The summed E-state index contributed by atoms with van der Waals surface area (Å²) in [6.45, 7) is 3.60. The van der Waals surface area contributed by atoms with Gasteiger partial charge in [0.25, 0.3) is 0 Å². The molecular weight excluding hydrogens is 245 g/mol. The van der Waals surface area contributed by atoms with E-state index < -0.39 is 11.7 Å². The Morgan fingerprint density at radius 1 is 1.33 bits per heavy atom. The minimum absolute atomic E-state index is 0.215. The van der Waals surface area contributed by atoms with Gasteiger partial charge in [0, 0.05) is 5.92 Å². The number of alkyl halides is 3. The van der Waals surface area contributed by atoms with Crippen molar-refractivity contribution in [2.45, 2.75) is 19.7 Å². The first-order valence-corrected chi connectivity index (χ1v) is 5.79. The van der Waals surface area contributed by atoms with Crippen molar-refractivity contribution in [1.82, 2.24) is 0 Å². The van der Waals surface area contributed by atoms with Gasteiger partial charge in [-0.2, -0.15) is 13.2 Å². The lowest BCUT2D eigenvalue weighted by Crippen LogP contribution is -2.31. The monoisotopic (exact) mass is 260 g/mol. The van der Waals surface area contributed by atoms with Crippen molar-refractivity contribution in [3.63, 3.8) is 0 Å². The van der Waals surface area contributed by atoms with Gasteiger partial charge in [0.05, 0.1) is 32.0 Å². The van der Waals surface area contributed by atoms with E-state index in [1.807, 2.05) is 0 Å². The van der Waals surface area contributed by atoms with Crippen LogP contribution in [0.2, 0.25) is 0 Å². The topological polar surface area (TPSA) is 18.5 Å². The van der Waals surface area contributed by atoms with Crippen molar-refractivity contribution in [1.29, 1.82) is 0 Å². The van der Waals surface area contributed by atoms with E-state index in [1.54, 1.807) is 6.07 Å². The van der Waals surface area contributed by atoms with Crippen LogP contribution < -0.4 is 0 Å². The van der Waals surface area contributed by atoms with Crippen LogP contribution in [0.3, 0.4) is 0 Å². The van der Waals surface area contributed by atoms with Gasteiger partial charge in [0.15, 0.2) is 0 Å². The highest BCUT2D eigenvalue weighted by atomic mass is 19.4. The fourth-order valence-corrected chi connectivity index (χ4v) is 1.86. The van der Waals surface area contributed by atoms with Crippen LogP contribution in [0.5, 0.6) is 0 Å². The molecule has 0 unspecified atom stereocenters. The number of benzene rings is 1. The summed E-state index contributed by atoms with van der Waals surface area (Å²) in [5.41, 5.74) is 0.246. The Morgan fingerprint density at radius 3 is 2.61 bits per heavy atom. The van der Waals surface area contributed by atoms with Gasteiger partial charge >= 0.3 is 6.18 Å². The fraction of sp³-hybridized carbons (Fsp3) is 0.538. The first-order chi connectivity index (χ1) is 8.48. The van der Waals surface area contributed by atoms with Crippen molar-refractivity contribution in [3.05, 3.63) is 34.9 Å². The standard InChI is InChI=1S/C13H15F3O2/c1-9-11(8-18-7-10-5-17-6-10)3-2-4-12(9)13(14,15)16/h2-4,10H,5-8H2,1H3. The van der Waals surface area contributed by atoms with Crippen LogP contribution in [-0.2, 0) is 22.3 Å². The molecule has 0 aliphatic carbocycles. The Labute approximate surface area is 104 Å². The Morgan fingerprint density at radius 2 is 2.06 bits per heavy atom. The smallest absolute Gasteiger partial charge is 0.381 e. The second kappa shape index (κ2) is 5.28. The predicted octanol–water partition coefficient (Wildman–Crippen LogP) is 3.18. The molecule has 1 heterocycles. The van der Waals surface area contributed by atoms with Crippen molar-refractivity contribution in [3.8, 4) is 0 Å². The summed E-state index contributed by atoms with van der Waals surface area (Å²) >= 11 is 0. The summed E-state index contributed by atoms with van der Waals surface area (Å²) in [6, 6.07) is 4.18. The molecule has 0 amide bonds. The molecule has 2 nitrogen and oxygen atoms in total. The van der Waals surface area contributed by atoms with E-state index in [1.165, 1.54) is 13.0 Å². The van der Waals surface area contributed by atoms with Crippen LogP contribution in [-0.4, -0.2) is 19.8 Å². The van der Waals surface area contributed by atoms with E-state index in [-0.39, 0.29) is 12.2 Å². The largest absolute Gasteiger partial charge is 0.416 e. The summed E-state index contributed by atoms with van der Waals surface area (Å²) in [4.78, 5) is 0. The highest BCUT2D eigenvalue weighted by Gasteiger charge is 2.32. The van der Waals surface area contributed by atoms with E-state index in [9.17, 15) is 13.2 Å². The van der Waals surface area contributed by atoms with Gasteiger partial charge in [-0.15, -0.1) is 0 Å². The maximum atomic E-state index is 12.7. The van der Waals surface area contributed by atoms with Crippen LogP contribution >= 0.6 is 0 Å². The lowest BCUT2D eigenvalue weighted by Gasteiger charge is -2.25. The molecule has 5 heteroatoms. The van der Waals surface area contributed by atoms with Crippen LogP contribution in [0.15, 0.2) is 18.2 Å². The second-order valence-electron chi connectivity index (χ2n) is 4.51. The van der Waals surface area contributed by atoms with Crippen LogP contribution in [0.4, 0.5) is 13.2 Å². The molecule has 18 heavy (non-hydrogen) atoms. The highest BCUT2D eigenvalue weighted by Crippen LogP contribution is 2.33. The Kier molecular flexibility index (Phi) is 3.92. The van der Waals surface area contributed by atoms with Crippen molar-refractivity contribution >= 4 is 0 Å². The predicted molar refractivity (Wildman–Crippen MR) is 60.1 cm³/mol. The van der Waals surface area contributed by atoms with Crippen molar-refractivity contribution < 1.29 is 22.6 Å². The van der Waals surface area contributed by atoms with E-state index in [0.717, 1.165) is 6.07 Å². The molecular formula is C13H15F3O2. The summed E-state index contributed by atoms with van der Waals surface area (Å²) in [7, 11) is 0. The second-order valence-corrected chi connectivity index (χ2v) is 4.51. The molecule has 0 bridgehead atoms. The third-order valence-corrected chi connectivity index (χ3v) is 3.07. The van der Waals surface area contributed by atoms with Crippen molar-refractivity contribution in [2.24, 2.45) is 5.92 Å². The molecule has 100 valence electrons. The van der Waals surface area contributed by atoms with E-state index in [2.05, 4.69) is 0 Å². The fourth-order valence-electron chi connectivity index (χ4n) is 1.86. The zero-order chi connectivity index (χ0) is 13.2.